The highest BCUT2D eigenvalue weighted by Gasteiger charge is 2.14. The summed E-state index contributed by atoms with van der Waals surface area (Å²) in [6.07, 6.45) is 0. The van der Waals surface area contributed by atoms with Crippen LogP contribution < -0.4 is 14.8 Å². The van der Waals surface area contributed by atoms with E-state index >= 15 is 0 Å². The van der Waals surface area contributed by atoms with E-state index in [-0.39, 0.29) is 11.7 Å². The van der Waals surface area contributed by atoms with Crippen molar-refractivity contribution < 1.29 is 18.7 Å². The van der Waals surface area contributed by atoms with Gasteiger partial charge in [0.05, 0.1) is 25.5 Å². The van der Waals surface area contributed by atoms with Gasteiger partial charge in [0.1, 0.15) is 11.5 Å². The Kier molecular flexibility index (Phi) is 5.97. The molecule has 1 N–H and O–H groups in total. The minimum absolute atomic E-state index is 0.152. The van der Waals surface area contributed by atoms with Crippen LogP contribution >= 0.6 is 11.8 Å². The van der Waals surface area contributed by atoms with E-state index in [1.54, 1.807) is 20.3 Å². The van der Waals surface area contributed by atoms with E-state index in [2.05, 4.69) is 15.5 Å². The fourth-order valence-corrected chi connectivity index (χ4v) is 2.98. The number of ether oxygens (including phenoxy) is 2. The molecule has 1 heterocycles. The summed E-state index contributed by atoms with van der Waals surface area (Å²) in [7, 11) is 3.18. The molecule has 0 atom stereocenters. The molecule has 7 nitrogen and oxygen atoms in total. The van der Waals surface area contributed by atoms with Crippen molar-refractivity contribution in [1.29, 1.82) is 0 Å². The average Bonchev–Trinajstić information content (AvgIpc) is 3.16. The van der Waals surface area contributed by atoms with Gasteiger partial charge in [-0.1, -0.05) is 23.9 Å². The Labute approximate surface area is 161 Å². The van der Waals surface area contributed by atoms with Crippen molar-refractivity contribution in [2.75, 3.05) is 25.3 Å². The largest absolute Gasteiger partial charge is 0.497 e. The van der Waals surface area contributed by atoms with Crippen LogP contribution in [0.5, 0.6) is 11.5 Å². The molecule has 0 aliphatic carbocycles. The van der Waals surface area contributed by atoms with Gasteiger partial charge in [0.25, 0.3) is 11.1 Å². The number of aromatic nitrogens is 2. The summed E-state index contributed by atoms with van der Waals surface area (Å²) in [6, 6.07) is 12.8. The molecule has 1 aromatic heterocycles. The summed E-state index contributed by atoms with van der Waals surface area (Å²) in [6.45, 7) is 1.91. The maximum absolute atomic E-state index is 12.2. The van der Waals surface area contributed by atoms with Crippen LogP contribution in [0.4, 0.5) is 5.69 Å². The average molecular weight is 385 g/mol. The molecule has 27 heavy (non-hydrogen) atoms. The number of para-hydroxylation sites is 1. The van der Waals surface area contributed by atoms with Gasteiger partial charge in [-0.3, -0.25) is 4.79 Å². The third-order valence-electron chi connectivity index (χ3n) is 3.78. The molecule has 3 aromatic rings. The minimum Gasteiger partial charge on any atom is -0.497 e. The van der Waals surface area contributed by atoms with Gasteiger partial charge in [-0.05, 0) is 42.8 Å². The molecule has 0 saturated heterocycles. The summed E-state index contributed by atoms with van der Waals surface area (Å²) in [4.78, 5) is 12.2. The van der Waals surface area contributed by atoms with Crippen LogP contribution in [0.2, 0.25) is 0 Å². The molecule has 140 valence electrons. The van der Waals surface area contributed by atoms with E-state index in [9.17, 15) is 4.79 Å². The van der Waals surface area contributed by atoms with Crippen molar-refractivity contribution in [1.82, 2.24) is 10.2 Å². The van der Waals surface area contributed by atoms with E-state index in [0.29, 0.717) is 22.4 Å². The Hall–Kier alpha value is -3.00. The Morgan fingerprint density at radius 1 is 1.15 bits per heavy atom. The second-order valence-corrected chi connectivity index (χ2v) is 6.52. The normalized spacial score (nSPS) is 10.5. The Balaban J connectivity index is 1.61. The van der Waals surface area contributed by atoms with Crippen molar-refractivity contribution in [2.45, 2.75) is 12.1 Å². The summed E-state index contributed by atoms with van der Waals surface area (Å²) >= 11 is 1.17. The minimum atomic E-state index is -0.162. The van der Waals surface area contributed by atoms with E-state index in [1.165, 1.54) is 11.8 Å². The van der Waals surface area contributed by atoms with Crippen molar-refractivity contribution in [3.05, 3.63) is 48.0 Å². The maximum Gasteiger partial charge on any atom is 0.277 e. The summed E-state index contributed by atoms with van der Waals surface area (Å²) in [5, 5.41) is 11.2. The predicted octanol–water partition coefficient (Wildman–Crippen LogP) is 3.79. The fourth-order valence-electron chi connectivity index (χ4n) is 2.42. The molecule has 3 rings (SSSR count). The smallest absolute Gasteiger partial charge is 0.277 e. The lowest BCUT2D eigenvalue weighted by Gasteiger charge is -2.09. The second-order valence-electron chi connectivity index (χ2n) is 5.59. The number of nitrogens with zero attached hydrogens (tertiary/aromatic N) is 2. The lowest BCUT2D eigenvalue weighted by Crippen LogP contribution is -2.14. The number of carbonyl (C=O) groups excluding carboxylic acids is 1. The quantitative estimate of drug-likeness (QED) is 0.619. The van der Waals surface area contributed by atoms with Gasteiger partial charge < -0.3 is 19.2 Å². The standard InChI is InChI=1S/C19H19N3O4S/c1-12-10-13(24-2)8-9-15(12)20-17(23)11-27-19-22-21-18(26-19)14-6-4-5-7-16(14)25-3/h4-10H,11H2,1-3H3,(H,20,23). The molecule has 0 aliphatic rings. The van der Waals surface area contributed by atoms with E-state index in [4.69, 9.17) is 13.9 Å². The monoisotopic (exact) mass is 385 g/mol. The molecule has 8 heteroatoms. The lowest BCUT2D eigenvalue weighted by atomic mass is 10.2. The van der Waals surface area contributed by atoms with Crippen molar-refractivity contribution >= 4 is 23.4 Å². The number of benzene rings is 2. The predicted molar refractivity (Wildman–Crippen MR) is 103 cm³/mol. The van der Waals surface area contributed by atoms with Crippen molar-refractivity contribution in [3.8, 4) is 23.0 Å². The van der Waals surface area contributed by atoms with Crippen LogP contribution in [0.25, 0.3) is 11.5 Å². The summed E-state index contributed by atoms with van der Waals surface area (Å²) in [5.41, 5.74) is 2.36. The summed E-state index contributed by atoms with van der Waals surface area (Å²) < 4.78 is 16.1. The van der Waals surface area contributed by atoms with Gasteiger partial charge in [0.15, 0.2) is 0 Å². The first kappa shape index (κ1) is 18.8. The maximum atomic E-state index is 12.2. The topological polar surface area (TPSA) is 86.5 Å². The molecule has 0 bridgehead atoms. The zero-order valence-corrected chi connectivity index (χ0v) is 16.0. The number of rotatable bonds is 7. The third-order valence-corrected chi connectivity index (χ3v) is 4.60. The van der Waals surface area contributed by atoms with Crippen LogP contribution in [-0.2, 0) is 4.79 Å². The van der Waals surface area contributed by atoms with Gasteiger partial charge in [-0.15, -0.1) is 10.2 Å². The molecule has 0 fully saturated rings. The van der Waals surface area contributed by atoms with Gasteiger partial charge in [-0.2, -0.15) is 0 Å². The van der Waals surface area contributed by atoms with Gasteiger partial charge in [-0.25, -0.2) is 0 Å². The molecule has 1 amide bonds. The number of anilines is 1. The Bertz CT molecular complexity index is 942. The van der Waals surface area contributed by atoms with Gasteiger partial charge in [0, 0.05) is 5.69 Å². The van der Waals surface area contributed by atoms with Crippen LogP contribution in [0.1, 0.15) is 5.56 Å². The number of aryl methyl sites for hydroxylation is 1. The highest BCUT2D eigenvalue weighted by atomic mass is 32.2. The van der Waals surface area contributed by atoms with E-state index in [1.807, 2.05) is 43.3 Å². The number of hydrogen-bond donors (Lipinski definition) is 1. The first-order valence-corrected chi connectivity index (χ1v) is 9.13. The highest BCUT2D eigenvalue weighted by Crippen LogP contribution is 2.30. The zero-order chi connectivity index (χ0) is 19.2. The Morgan fingerprint density at radius 3 is 2.70 bits per heavy atom. The molecule has 0 radical (unpaired) electrons. The Morgan fingerprint density at radius 2 is 1.96 bits per heavy atom. The number of carbonyl (C=O) groups is 1. The molecular formula is C19H19N3O4S. The molecule has 0 spiro atoms. The van der Waals surface area contributed by atoms with E-state index in [0.717, 1.165) is 17.0 Å². The van der Waals surface area contributed by atoms with E-state index < -0.39 is 0 Å². The SMILES string of the molecule is COc1ccc(NC(=O)CSc2nnc(-c3ccccc3OC)o2)c(C)c1. The van der Waals surface area contributed by atoms with Crippen molar-refractivity contribution in [3.63, 3.8) is 0 Å². The first-order valence-electron chi connectivity index (χ1n) is 8.15. The lowest BCUT2D eigenvalue weighted by molar-refractivity contribution is -0.113. The number of hydrogen-bond acceptors (Lipinski definition) is 7. The van der Waals surface area contributed by atoms with Crippen LogP contribution in [-0.4, -0.2) is 36.1 Å². The van der Waals surface area contributed by atoms with Crippen LogP contribution in [0, 0.1) is 6.92 Å². The van der Waals surface area contributed by atoms with Crippen LogP contribution in [0.3, 0.4) is 0 Å². The highest BCUT2D eigenvalue weighted by molar-refractivity contribution is 7.99. The fraction of sp³-hybridized carbons (Fsp3) is 0.211. The third kappa shape index (κ3) is 4.59. The molecule has 0 saturated carbocycles. The molecule has 0 aliphatic heterocycles. The van der Waals surface area contributed by atoms with Crippen molar-refractivity contribution in [2.24, 2.45) is 0 Å². The van der Waals surface area contributed by atoms with Crippen LogP contribution in [0.15, 0.2) is 52.1 Å². The molecule has 2 aromatic carbocycles. The second kappa shape index (κ2) is 8.59. The molecule has 0 unspecified atom stereocenters. The van der Waals surface area contributed by atoms with Gasteiger partial charge in [0.2, 0.25) is 5.91 Å². The zero-order valence-electron chi connectivity index (χ0n) is 15.2. The molecular weight excluding hydrogens is 366 g/mol. The van der Waals surface area contributed by atoms with Gasteiger partial charge >= 0.3 is 0 Å². The number of thioether (sulfide) groups is 1. The number of amides is 1. The first-order chi connectivity index (χ1) is 13.1. The number of nitrogens with one attached hydrogen (secondary N) is 1. The number of methoxy groups -OCH3 is 2. The summed E-state index contributed by atoms with van der Waals surface area (Å²) in [5.74, 6) is 1.73.